The van der Waals surface area contributed by atoms with Gasteiger partial charge in [-0.15, -0.1) is 0 Å². The fourth-order valence-corrected chi connectivity index (χ4v) is 3.19. The first-order valence-corrected chi connectivity index (χ1v) is 8.83. The standard InChI is InChI=1S/C18H19N5O6/c19-16-13-17(21-7-20-16)23(8-22-13)18-15(27)14(26)11(29-18)6-28-12(25)5-9-3-1-2-4-10(9)24/h1-4,7-8,11,14-15,18,24,26-27H,5-6H2,(H2,19,20,21)/t11-,14-,15-,18-/m1/s1. The average Bonchev–Trinajstić information content (AvgIpc) is 3.25. The third-order valence-corrected chi connectivity index (χ3v) is 4.73. The summed E-state index contributed by atoms with van der Waals surface area (Å²) in [6.45, 7) is -0.273. The van der Waals surface area contributed by atoms with Gasteiger partial charge in [-0.3, -0.25) is 9.36 Å². The van der Waals surface area contributed by atoms with Crippen molar-refractivity contribution in [2.24, 2.45) is 0 Å². The van der Waals surface area contributed by atoms with Gasteiger partial charge in [0.1, 0.15) is 42.5 Å². The van der Waals surface area contributed by atoms with Crippen LogP contribution in [0.15, 0.2) is 36.9 Å². The number of benzene rings is 1. The zero-order chi connectivity index (χ0) is 20.5. The predicted octanol–water partition coefficient (Wildman–Crippen LogP) is -0.481. The van der Waals surface area contributed by atoms with Gasteiger partial charge in [0.25, 0.3) is 0 Å². The van der Waals surface area contributed by atoms with Crippen LogP contribution in [-0.2, 0) is 20.7 Å². The lowest BCUT2D eigenvalue weighted by Crippen LogP contribution is -2.34. The number of ether oxygens (including phenoxy) is 2. The molecule has 5 N–H and O–H groups in total. The smallest absolute Gasteiger partial charge is 0.310 e. The van der Waals surface area contributed by atoms with E-state index in [-0.39, 0.29) is 24.6 Å². The molecule has 0 aliphatic carbocycles. The number of aliphatic hydroxyl groups is 2. The quantitative estimate of drug-likeness (QED) is 0.410. The van der Waals surface area contributed by atoms with E-state index in [1.165, 1.54) is 23.3 Å². The summed E-state index contributed by atoms with van der Waals surface area (Å²) in [7, 11) is 0. The van der Waals surface area contributed by atoms with Crippen molar-refractivity contribution in [3.05, 3.63) is 42.5 Å². The average molecular weight is 401 g/mol. The first-order valence-electron chi connectivity index (χ1n) is 8.83. The molecule has 1 aliphatic heterocycles. The summed E-state index contributed by atoms with van der Waals surface area (Å²) in [5, 5.41) is 30.4. The number of rotatable bonds is 5. The molecule has 0 unspecified atom stereocenters. The number of nitrogens with zero attached hydrogens (tertiary/aromatic N) is 4. The summed E-state index contributed by atoms with van der Waals surface area (Å²) < 4.78 is 12.3. The summed E-state index contributed by atoms with van der Waals surface area (Å²) in [5.41, 5.74) is 6.86. The Morgan fingerprint density at radius 1 is 1.21 bits per heavy atom. The number of aromatic nitrogens is 4. The molecule has 1 fully saturated rings. The molecule has 0 saturated carbocycles. The van der Waals surface area contributed by atoms with E-state index in [1.54, 1.807) is 18.2 Å². The Bertz CT molecular complexity index is 1040. The number of aliphatic hydroxyl groups excluding tert-OH is 2. The largest absolute Gasteiger partial charge is 0.508 e. The highest BCUT2D eigenvalue weighted by Crippen LogP contribution is 2.32. The van der Waals surface area contributed by atoms with Crippen LogP contribution in [0.25, 0.3) is 11.2 Å². The van der Waals surface area contributed by atoms with Crippen LogP contribution in [-0.4, -0.2) is 65.7 Å². The van der Waals surface area contributed by atoms with Gasteiger partial charge in [0.15, 0.2) is 17.7 Å². The highest BCUT2D eigenvalue weighted by molar-refractivity contribution is 5.81. The van der Waals surface area contributed by atoms with Crippen molar-refractivity contribution in [3.63, 3.8) is 0 Å². The van der Waals surface area contributed by atoms with Crippen molar-refractivity contribution in [3.8, 4) is 5.75 Å². The minimum Gasteiger partial charge on any atom is -0.508 e. The number of nitrogens with two attached hydrogens (primary N) is 1. The third kappa shape index (κ3) is 3.58. The van der Waals surface area contributed by atoms with E-state index in [2.05, 4.69) is 15.0 Å². The van der Waals surface area contributed by atoms with E-state index < -0.39 is 30.5 Å². The number of phenolic OH excluding ortho intramolecular Hbond substituents is 1. The predicted molar refractivity (Wildman–Crippen MR) is 98.4 cm³/mol. The van der Waals surface area contributed by atoms with Crippen LogP contribution in [0.2, 0.25) is 0 Å². The molecule has 0 bridgehead atoms. The van der Waals surface area contributed by atoms with Gasteiger partial charge in [0.05, 0.1) is 12.7 Å². The topological polar surface area (TPSA) is 166 Å². The lowest BCUT2D eigenvalue weighted by molar-refractivity contribution is -0.149. The van der Waals surface area contributed by atoms with Crippen LogP contribution in [0.5, 0.6) is 5.75 Å². The van der Waals surface area contributed by atoms with Crippen molar-refractivity contribution in [1.82, 2.24) is 19.5 Å². The highest BCUT2D eigenvalue weighted by atomic mass is 16.6. The fraction of sp³-hybridized carbons (Fsp3) is 0.333. The molecule has 3 aromatic rings. The maximum absolute atomic E-state index is 12.1. The molecule has 1 saturated heterocycles. The maximum Gasteiger partial charge on any atom is 0.310 e. The van der Waals surface area contributed by atoms with E-state index in [0.29, 0.717) is 16.7 Å². The van der Waals surface area contributed by atoms with Crippen LogP contribution in [0.3, 0.4) is 0 Å². The molecule has 0 amide bonds. The number of esters is 1. The third-order valence-electron chi connectivity index (χ3n) is 4.73. The van der Waals surface area contributed by atoms with Crippen LogP contribution in [0.1, 0.15) is 11.8 Å². The number of imidazole rings is 1. The van der Waals surface area contributed by atoms with Crippen molar-refractivity contribution >= 4 is 23.0 Å². The number of carbonyl (C=O) groups excluding carboxylic acids is 1. The van der Waals surface area contributed by atoms with E-state index in [1.807, 2.05) is 0 Å². The van der Waals surface area contributed by atoms with Crippen molar-refractivity contribution < 1.29 is 29.6 Å². The van der Waals surface area contributed by atoms with Gasteiger partial charge in [0, 0.05) is 5.56 Å². The SMILES string of the molecule is Nc1ncnc2c1ncn2[C@@H]1O[C@H](COC(=O)Cc2ccccc2O)[C@@H](O)[C@H]1O. The number of fused-ring (bicyclic) bond motifs is 1. The zero-order valence-corrected chi connectivity index (χ0v) is 15.1. The Labute approximate surface area is 164 Å². The second kappa shape index (κ2) is 7.62. The number of hydrogen-bond acceptors (Lipinski definition) is 10. The molecule has 152 valence electrons. The van der Waals surface area contributed by atoms with Gasteiger partial charge in [-0.1, -0.05) is 18.2 Å². The van der Waals surface area contributed by atoms with Gasteiger partial charge in [-0.25, -0.2) is 15.0 Å². The number of carbonyl (C=O) groups is 1. The highest BCUT2D eigenvalue weighted by Gasteiger charge is 2.45. The van der Waals surface area contributed by atoms with Crippen LogP contribution >= 0.6 is 0 Å². The first-order chi connectivity index (χ1) is 14.0. The molecule has 3 heterocycles. The second-order valence-electron chi connectivity index (χ2n) is 6.62. The fourth-order valence-electron chi connectivity index (χ4n) is 3.19. The van der Waals surface area contributed by atoms with Gasteiger partial charge in [-0.05, 0) is 6.07 Å². The molecule has 2 aromatic heterocycles. The molecule has 11 heteroatoms. The first kappa shape index (κ1) is 19.1. The Morgan fingerprint density at radius 2 is 2.00 bits per heavy atom. The Kier molecular flexibility index (Phi) is 5.01. The second-order valence-corrected chi connectivity index (χ2v) is 6.62. The number of anilines is 1. The molecule has 0 radical (unpaired) electrons. The zero-order valence-electron chi connectivity index (χ0n) is 15.1. The van der Waals surface area contributed by atoms with Crippen LogP contribution < -0.4 is 5.73 Å². The van der Waals surface area contributed by atoms with Gasteiger partial charge in [0.2, 0.25) is 0 Å². The van der Waals surface area contributed by atoms with Gasteiger partial charge < -0.3 is 30.5 Å². The number of hydrogen-bond donors (Lipinski definition) is 4. The Hall–Kier alpha value is -3.28. The molecular weight excluding hydrogens is 382 g/mol. The maximum atomic E-state index is 12.1. The van der Waals surface area contributed by atoms with Crippen LogP contribution in [0, 0.1) is 0 Å². The molecule has 4 rings (SSSR count). The monoisotopic (exact) mass is 401 g/mol. The molecule has 1 aromatic carbocycles. The summed E-state index contributed by atoms with van der Waals surface area (Å²) in [4.78, 5) is 24.1. The summed E-state index contributed by atoms with van der Waals surface area (Å²) >= 11 is 0. The van der Waals surface area contributed by atoms with Crippen molar-refractivity contribution in [2.45, 2.75) is 31.0 Å². The van der Waals surface area contributed by atoms with Crippen LogP contribution in [0.4, 0.5) is 5.82 Å². The molecule has 4 atom stereocenters. The number of nitrogen functional groups attached to an aromatic ring is 1. The van der Waals surface area contributed by atoms with E-state index in [0.717, 1.165) is 0 Å². The number of para-hydroxylation sites is 1. The van der Waals surface area contributed by atoms with Crippen molar-refractivity contribution in [2.75, 3.05) is 12.3 Å². The minimum absolute atomic E-state index is 0.00895. The summed E-state index contributed by atoms with van der Waals surface area (Å²) in [6, 6.07) is 6.42. The van der Waals surface area contributed by atoms with Crippen molar-refractivity contribution in [1.29, 1.82) is 0 Å². The van der Waals surface area contributed by atoms with E-state index in [4.69, 9.17) is 15.2 Å². The minimum atomic E-state index is -1.30. The molecular formula is C18H19N5O6. The Morgan fingerprint density at radius 3 is 2.79 bits per heavy atom. The summed E-state index contributed by atoms with van der Waals surface area (Å²) in [5.74, 6) is -0.435. The normalized spacial score (nSPS) is 24.1. The van der Waals surface area contributed by atoms with Gasteiger partial charge >= 0.3 is 5.97 Å². The Balaban J connectivity index is 1.43. The molecule has 0 spiro atoms. The number of phenols is 1. The van der Waals surface area contributed by atoms with E-state index in [9.17, 15) is 20.1 Å². The summed E-state index contributed by atoms with van der Waals surface area (Å²) in [6.07, 6.45) is -2.05. The number of aromatic hydroxyl groups is 1. The lowest BCUT2D eigenvalue weighted by atomic mass is 10.1. The lowest BCUT2D eigenvalue weighted by Gasteiger charge is -2.16. The molecule has 1 aliphatic rings. The molecule has 11 nitrogen and oxygen atoms in total. The van der Waals surface area contributed by atoms with Gasteiger partial charge in [-0.2, -0.15) is 0 Å². The van der Waals surface area contributed by atoms with E-state index >= 15 is 0 Å². The molecule has 29 heavy (non-hydrogen) atoms.